The first-order valence-electron chi connectivity index (χ1n) is 12.1. The lowest BCUT2D eigenvalue weighted by atomic mass is 9.65. The summed E-state index contributed by atoms with van der Waals surface area (Å²) in [5.74, 6) is -1.73. The third kappa shape index (κ3) is 4.56. The second-order valence-corrected chi connectivity index (χ2v) is 9.02. The molecule has 2 atom stereocenters. The molecule has 0 bridgehead atoms. The van der Waals surface area contributed by atoms with Crippen molar-refractivity contribution < 1.29 is 23.5 Å². The van der Waals surface area contributed by atoms with Gasteiger partial charge >= 0.3 is 5.97 Å². The highest BCUT2D eigenvalue weighted by molar-refractivity contribution is 6.00. The standard InChI is InChI=1S/C29H26FN2O5/c1-2-36-28(34)25-16-29-21(12-13-31-25)14-23(37-18-19-6-4-3-5-7-19)15-26(29)32(35)17-24(29)27(33)20-8-10-22(30)11-9-20/h3-12,14-16,24,31H,2,13,17-18H2,1H3/q-1. The molecule has 0 amide bonds. The number of rotatable bonds is 7. The van der Waals surface area contributed by atoms with Gasteiger partial charge in [-0.2, -0.15) is 0 Å². The lowest BCUT2D eigenvalue weighted by molar-refractivity contribution is -0.139. The fourth-order valence-corrected chi connectivity index (χ4v) is 5.09. The van der Waals surface area contributed by atoms with Crippen LogP contribution in [-0.2, 0) is 20.9 Å². The molecule has 1 fully saturated rings. The van der Waals surface area contributed by atoms with Gasteiger partial charge in [-0.05, 0) is 60.6 Å². The minimum absolute atomic E-state index is 0.133. The summed E-state index contributed by atoms with van der Waals surface area (Å²) >= 11 is 0. The van der Waals surface area contributed by atoms with Crippen LogP contribution in [0.25, 0.3) is 0 Å². The third-order valence-electron chi connectivity index (χ3n) is 6.82. The Labute approximate surface area is 214 Å². The van der Waals surface area contributed by atoms with Gasteiger partial charge in [-0.25, -0.2) is 9.18 Å². The van der Waals surface area contributed by atoms with Crippen LogP contribution in [0.15, 0.2) is 102 Å². The van der Waals surface area contributed by atoms with Crippen molar-refractivity contribution in [3.63, 3.8) is 0 Å². The van der Waals surface area contributed by atoms with Crippen LogP contribution in [0.4, 0.5) is 4.39 Å². The first-order valence-corrected chi connectivity index (χ1v) is 12.1. The van der Waals surface area contributed by atoms with Gasteiger partial charge in [-0.1, -0.05) is 36.4 Å². The summed E-state index contributed by atoms with van der Waals surface area (Å²) in [6, 6.07) is 14.9. The molecule has 5 rings (SSSR count). The monoisotopic (exact) mass is 501 g/mol. The van der Waals surface area contributed by atoms with Crippen LogP contribution < -0.4 is 5.32 Å². The highest BCUT2D eigenvalue weighted by Gasteiger charge is 2.54. The number of hydrogen-bond acceptors (Lipinski definition) is 7. The van der Waals surface area contributed by atoms with Gasteiger partial charge in [-0.15, -0.1) is 0 Å². The van der Waals surface area contributed by atoms with Crippen LogP contribution in [-0.4, -0.2) is 36.5 Å². The predicted molar refractivity (Wildman–Crippen MR) is 135 cm³/mol. The fourth-order valence-electron chi connectivity index (χ4n) is 5.09. The number of esters is 1. The fraction of sp³-hybridized carbons (Fsp3) is 0.241. The molecule has 1 N–H and O–H groups in total. The van der Waals surface area contributed by atoms with Crippen molar-refractivity contribution in [3.05, 3.63) is 124 Å². The van der Waals surface area contributed by atoms with Gasteiger partial charge in [0.25, 0.3) is 0 Å². The molecule has 2 aliphatic heterocycles. The zero-order valence-corrected chi connectivity index (χ0v) is 20.3. The zero-order chi connectivity index (χ0) is 26.0. The summed E-state index contributed by atoms with van der Waals surface area (Å²) in [6.07, 6.45) is 6.93. The Kier molecular flexibility index (Phi) is 6.67. The molecule has 2 aromatic carbocycles. The normalized spacial score (nSPS) is 22.2. The van der Waals surface area contributed by atoms with E-state index in [-0.39, 0.29) is 36.7 Å². The van der Waals surface area contributed by atoms with Gasteiger partial charge < -0.3 is 25.1 Å². The number of allylic oxidation sites excluding steroid dienone is 3. The largest absolute Gasteiger partial charge is 0.758 e. The zero-order valence-electron chi connectivity index (χ0n) is 20.3. The molecule has 190 valence electrons. The molecule has 7 nitrogen and oxygen atoms in total. The number of Topliss-reactive ketones (excluding diaryl/α,β-unsaturated/α-hetero) is 1. The van der Waals surface area contributed by atoms with Crippen molar-refractivity contribution in [1.82, 2.24) is 10.4 Å². The number of carbonyl (C=O) groups is 2. The van der Waals surface area contributed by atoms with E-state index in [9.17, 15) is 19.2 Å². The van der Waals surface area contributed by atoms with E-state index in [0.717, 1.165) is 10.6 Å². The van der Waals surface area contributed by atoms with Gasteiger partial charge in [0.05, 0.1) is 17.9 Å². The molecule has 8 heteroatoms. The molecular weight excluding hydrogens is 475 g/mol. The van der Waals surface area contributed by atoms with Gasteiger partial charge in [0.2, 0.25) is 0 Å². The number of hydrogen-bond donors (Lipinski definition) is 1. The summed E-state index contributed by atoms with van der Waals surface area (Å²) in [7, 11) is 0. The Morgan fingerprint density at radius 1 is 1.14 bits per heavy atom. The van der Waals surface area contributed by atoms with E-state index in [1.165, 1.54) is 24.3 Å². The number of ether oxygens (including phenoxy) is 2. The van der Waals surface area contributed by atoms with Crippen molar-refractivity contribution in [2.45, 2.75) is 13.5 Å². The van der Waals surface area contributed by atoms with E-state index >= 15 is 0 Å². The van der Waals surface area contributed by atoms with Crippen molar-refractivity contribution >= 4 is 11.8 Å². The SMILES string of the molecule is CCOC(=O)C1=CC23C(=CCN1)C=C(OCc1ccccc1)C=C2N([O-])CC3C(=O)c1ccc(F)cc1. The van der Waals surface area contributed by atoms with Crippen LogP contribution in [0, 0.1) is 22.4 Å². The summed E-state index contributed by atoms with van der Waals surface area (Å²) in [5.41, 5.74) is 1.17. The minimum atomic E-state index is -1.22. The van der Waals surface area contributed by atoms with Crippen molar-refractivity contribution in [2.75, 3.05) is 19.7 Å². The maximum atomic E-state index is 13.8. The third-order valence-corrected chi connectivity index (χ3v) is 6.82. The summed E-state index contributed by atoms with van der Waals surface area (Å²) in [4.78, 5) is 26.5. The lowest BCUT2D eigenvalue weighted by Gasteiger charge is -2.39. The minimum Gasteiger partial charge on any atom is -0.758 e. The number of ketones is 1. The van der Waals surface area contributed by atoms with E-state index in [2.05, 4.69) is 5.32 Å². The quantitative estimate of drug-likeness (QED) is 0.444. The summed E-state index contributed by atoms with van der Waals surface area (Å²) in [6.45, 7) is 2.34. The van der Waals surface area contributed by atoms with Crippen LogP contribution in [0.5, 0.6) is 0 Å². The topological polar surface area (TPSA) is 90.9 Å². The number of nitrogens with zero attached hydrogens (tertiary/aromatic N) is 1. The van der Waals surface area contributed by atoms with E-state index < -0.39 is 23.1 Å². The number of benzene rings is 2. The highest BCUT2D eigenvalue weighted by Crippen LogP contribution is 2.55. The predicted octanol–water partition coefficient (Wildman–Crippen LogP) is 4.40. The van der Waals surface area contributed by atoms with E-state index in [4.69, 9.17) is 9.47 Å². The number of hydroxylamine groups is 2. The van der Waals surface area contributed by atoms with Gasteiger partial charge in [0, 0.05) is 24.4 Å². The molecule has 2 aromatic rings. The Bertz CT molecular complexity index is 1330. The number of halogens is 1. The molecule has 0 aromatic heterocycles. The van der Waals surface area contributed by atoms with Gasteiger partial charge in [0.15, 0.2) is 5.78 Å². The van der Waals surface area contributed by atoms with E-state index in [1.807, 2.05) is 42.5 Å². The second kappa shape index (κ2) is 10.1. The highest BCUT2D eigenvalue weighted by atomic mass is 19.1. The Hall–Kier alpha value is -4.17. The number of nitrogens with one attached hydrogen (secondary N) is 1. The molecule has 0 saturated carbocycles. The van der Waals surface area contributed by atoms with E-state index in [0.29, 0.717) is 23.6 Å². The molecule has 3 aliphatic rings. The smallest absolute Gasteiger partial charge is 0.354 e. The average molecular weight is 502 g/mol. The first-order chi connectivity index (χ1) is 17.9. The maximum Gasteiger partial charge on any atom is 0.354 e. The Morgan fingerprint density at radius 2 is 1.89 bits per heavy atom. The second-order valence-electron chi connectivity index (χ2n) is 9.02. The Balaban J connectivity index is 1.58. The van der Waals surface area contributed by atoms with Crippen LogP contribution in [0.1, 0.15) is 22.8 Å². The van der Waals surface area contributed by atoms with Crippen LogP contribution >= 0.6 is 0 Å². The first kappa shape index (κ1) is 24.5. The Morgan fingerprint density at radius 3 is 2.62 bits per heavy atom. The molecule has 1 spiro atoms. The summed E-state index contributed by atoms with van der Waals surface area (Å²) in [5, 5.41) is 17.2. The number of carbonyl (C=O) groups excluding carboxylic acids is 2. The van der Waals surface area contributed by atoms with Crippen molar-refractivity contribution in [1.29, 1.82) is 0 Å². The van der Waals surface area contributed by atoms with Crippen LogP contribution in [0.3, 0.4) is 0 Å². The summed E-state index contributed by atoms with van der Waals surface area (Å²) < 4.78 is 24.8. The van der Waals surface area contributed by atoms with E-state index in [1.54, 1.807) is 19.1 Å². The van der Waals surface area contributed by atoms with Crippen LogP contribution in [0.2, 0.25) is 0 Å². The van der Waals surface area contributed by atoms with Crippen molar-refractivity contribution in [3.8, 4) is 0 Å². The van der Waals surface area contributed by atoms with Gasteiger partial charge in [-0.3, -0.25) is 4.79 Å². The van der Waals surface area contributed by atoms with Crippen molar-refractivity contribution in [2.24, 2.45) is 11.3 Å². The lowest BCUT2D eigenvalue weighted by Crippen LogP contribution is -2.36. The molecule has 1 saturated heterocycles. The molecule has 2 heterocycles. The molecule has 1 aliphatic carbocycles. The molecule has 0 radical (unpaired) electrons. The molecular formula is C29H26FN2O5-. The maximum absolute atomic E-state index is 13.8. The molecule has 37 heavy (non-hydrogen) atoms. The molecule has 2 unspecified atom stereocenters. The van der Waals surface area contributed by atoms with Gasteiger partial charge in [0.1, 0.15) is 23.9 Å². The average Bonchev–Trinajstić information content (AvgIpc) is 3.06.